The second kappa shape index (κ2) is 7.40. The lowest BCUT2D eigenvalue weighted by atomic mass is 9.96. The van der Waals surface area contributed by atoms with Gasteiger partial charge in [-0.25, -0.2) is 4.79 Å². The molecule has 2 aromatic rings. The van der Waals surface area contributed by atoms with E-state index in [9.17, 15) is 14.7 Å². The summed E-state index contributed by atoms with van der Waals surface area (Å²) in [6.45, 7) is 3.03. The van der Waals surface area contributed by atoms with Gasteiger partial charge in [-0.2, -0.15) is 0 Å². The van der Waals surface area contributed by atoms with Crippen molar-refractivity contribution in [2.75, 3.05) is 6.61 Å². The molecule has 0 radical (unpaired) electrons. The van der Waals surface area contributed by atoms with Crippen LogP contribution in [0.15, 0.2) is 48.5 Å². The number of carboxylic acids is 1. The summed E-state index contributed by atoms with van der Waals surface area (Å²) in [6, 6.07) is 15.0. The second-order valence-electron chi connectivity index (χ2n) is 7.27. The molecule has 3 N–H and O–H groups in total. The van der Waals surface area contributed by atoms with Crippen molar-refractivity contribution in [3.8, 4) is 11.1 Å². The van der Waals surface area contributed by atoms with E-state index in [2.05, 4.69) is 5.32 Å². The van der Waals surface area contributed by atoms with Crippen molar-refractivity contribution in [2.45, 2.75) is 37.8 Å². The minimum Gasteiger partial charge on any atom is -0.481 e. The molecule has 142 valence electrons. The van der Waals surface area contributed by atoms with Gasteiger partial charge >= 0.3 is 12.1 Å². The summed E-state index contributed by atoms with van der Waals surface area (Å²) < 4.78 is 5.39. The molecule has 6 heteroatoms. The van der Waals surface area contributed by atoms with Gasteiger partial charge in [-0.1, -0.05) is 48.5 Å². The molecule has 0 heterocycles. The van der Waals surface area contributed by atoms with E-state index >= 15 is 0 Å². The van der Waals surface area contributed by atoms with E-state index in [1.807, 2.05) is 48.5 Å². The number of ether oxygens (including phenoxy) is 1. The van der Waals surface area contributed by atoms with Crippen LogP contribution in [0.3, 0.4) is 0 Å². The van der Waals surface area contributed by atoms with Crippen LogP contribution in [0.4, 0.5) is 4.79 Å². The molecule has 0 saturated heterocycles. The summed E-state index contributed by atoms with van der Waals surface area (Å²) in [7, 11) is 0. The molecular weight excluding hydrogens is 346 g/mol. The van der Waals surface area contributed by atoms with Crippen LogP contribution in [0.1, 0.15) is 37.3 Å². The summed E-state index contributed by atoms with van der Waals surface area (Å²) in [4.78, 5) is 23.2. The highest BCUT2D eigenvalue weighted by Crippen LogP contribution is 2.44. The van der Waals surface area contributed by atoms with Crippen molar-refractivity contribution in [3.63, 3.8) is 0 Å². The molecule has 1 amide bonds. The van der Waals surface area contributed by atoms with E-state index in [0.29, 0.717) is 0 Å². The molecule has 0 unspecified atom stereocenters. The Morgan fingerprint density at radius 3 is 2.07 bits per heavy atom. The zero-order chi connectivity index (χ0) is 19.6. The number of rotatable bonds is 6. The molecule has 0 bridgehead atoms. The average Bonchev–Trinajstić information content (AvgIpc) is 2.92. The van der Waals surface area contributed by atoms with Crippen LogP contribution in [0.25, 0.3) is 11.1 Å². The highest BCUT2D eigenvalue weighted by Gasteiger charge is 2.32. The maximum absolute atomic E-state index is 12.2. The molecule has 0 aliphatic heterocycles. The fourth-order valence-electron chi connectivity index (χ4n) is 3.43. The average molecular weight is 369 g/mol. The zero-order valence-electron chi connectivity index (χ0n) is 15.3. The summed E-state index contributed by atoms with van der Waals surface area (Å²) in [5.41, 5.74) is 3.06. The third-order valence-electron chi connectivity index (χ3n) is 4.87. The van der Waals surface area contributed by atoms with Gasteiger partial charge in [0.15, 0.2) is 0 Å². The van der Waals surface area contributed by atoms with Gasteiger partial charge in [-0.15, -0.1) is 0 Å². The first-order valence-corrected chi connectivity index (χ1v) is 8.83. The molecule has 0 aromatic heterocycles. The Bertz CT molecular complexity index is 810. The van der Waals surface area contributed by atoms with E-state index < -0.39 is 30.1 Å². The number of carbonyl (C=O) groups excluding carboxylic acids is 1. The van der Waals surface area contributed by atoms with E-state index in [4.69, 9.17) is 9.84 Å². The number of benzene rings is 2. The van der Waals surface area contributed by atoms with Crippen LogP contribution >= 0.6 is 0 Å². The Balaban J connectivity index is 1.71. The lowest BCUT2D eigenvalue weighted by molar-refractivity contribution is -0.139. The van der Waals surface area contributed by atoms with Gasteiger partial charge in [0.25, 0.3) is 0 Å². The number of aliphatic hydroxyl groups is 1. The summed E-state index contributed by atoms with van der Waals surface area (Å²) in [5, 5.41) is 21.5. The number of nitrogens with one attached hydrogen (secondary N) is 1. The number of amides is 1. The maximum Gasteiger partial charge on any atom is 0.407 e. The number of carbonyl (C=O) groups is 2. The van der Waals surface area contributed by atoms with Crippen molar-refractivity contribution in [2.24, 2.45) is 0 Å². The van der Waals surface area contributed by atoms with Crippen molar-refractivity contribution < 1.29 is 24.5 Å². The highest BCUT2D eigenvalue weighted by molar-refractivity contribution is 5.79. The molecule has 3 rings (SSSR count). The SMILES string of the molecule is CC(C)(O)[C@@H](CC(=O)O)NC(=O)OCC1c2ccccc2-c2ccccc21. The number of fused-ring (bicyclic) bond motifs is 3. The van der Waals surface area contributed by atoms with Crippen molar-refractivity contribution in [3.05, 3.63) is 59.7 Å². The summed E-state index contributed by atoms with van der Waals surface area (Å²) >= 11 is 0. The third kappa shape index (κ3) is 4.11. The first-order valence-electron chi connectivity index (χ1n) is 8.83. The van der Waals surface area contributed by atoms with Crippen LogP contribution in [-0.4, -0.2) is 40.5 Å². The first kappa shape index (κ1) is 18.9. The number of carboxylic acid groups (broad SMARTS) is 1. The van der Waals surface area contributed by atoms with E-state index in [0.717, 1.165) is 22.3 Å². The molecule has 0 spiro atoms. The van der Waals surface area contributed by atoms with Crippen molar-refractivity contribution >= 4 is 12.1 Å². The van der Waals surface area contributed by atoms with Gasteiger partial charge in [0.05, 0.1) is 18.1 Å². The first-order chi connectivity index (χ1) is 12.8. The van der Waals surface area contributed by atoms with Crippen molar-refractivity contribution in [1.29, 1.82) is 0 Å². The molecule has 6 nitrogen and oxygen atoms in total. The highest BCUT2D eigenvalue weighted by atomic mass is 16.5. The standard InChI is InChI=1S/C21H23NO5/c1-21(2,26)18(11-19(23)24)22-20(25)27-12-17-15-9-5-3-7-13(15)14-8-4-6-10-16(14)17/h3-10,17-18,26H,11-12H2,1-2H3,(H,22,25)(H,23,24)/t18-/m1/s1. The molecule has 2 aromatic carbocycles. The van der Waals surface area contributed by atoms with Crippen LogP contribution in [0, 0.1) is 0 Å². The van der Waals surface area contributed by atoms with Gasteiger partial charge in [0, 0.05) is 5.92 Å². The minimum atomic E-state index is -1.38. The molecular formula is C21H23NO5. The molecule has 0 saturated carbocycles. The lowest BCUT2D eigenvalue weighted by Crippen LogP contribution is -2.50. The number of aliphatic carboxylic acids is 1. The van der Waals surface area contributed by atoms with Gasteiger partial charge in [-0.05, 0) is 36.1 Å². The Labute approximate surface area is 157 Å². The molecule has 27 heavy (non-hydrogen) atoms. The Morgan fingerprint density at radius 1 is 1.07 bits per heavy atom. The number of hydrogen-bond acceptors (Lipinski definition) is 4. The third-order valence-corrected chi connectivity index (χ3v) is 4.87. The number of alkyl carbamates (subject to hydrolysis) is 1. The van der Waals surface area contributed by atoms with Crippen LogP contribution < -0.4 is 5.32 Å². The van der Waals surface area contributed by atoms with Gasteiger partial charge < -0.3 is 20.3 Å². The maximum atomic E-state index is 12.2. The zero-order valence-corrected chi connectivity index (χ0v) is 15.3. The summed E-state index contributed by atoms with van der Waals surface area (Å²) in [5.74, 6) is -1.19. The van der Waals surface area contributed by atoms with E-state index in [-0.39, 0.29) is 12.5 Å². The smallest absolute Gasteiger partial charge is 0.407 e. The van der Waals surface area contributed by atoms with Crippen LogP contribution in [0.5, 0.6) is 0 Å². The Morgan fingerprint density at radius 2 is 1.59 bits per heavy atom. The minimum absolute atomic E-state index is 0.0804. The van der Waals surface area contributed by atoms with E-state index in [1.165, 1.54) is 13.8 Å². The van der Waals surface area contributed by atoms with Gasteiger partial charge in [0.1, 0.15) is 6.61 Å². The second-order valence-corrected chi connectivity index (χ2v) is 7.27. The van der Waals surface area contributed by atoms with Crippen LogP contribution in [0.2, 0.25) is 0 Å². The largest absolute Gasteiger partial charge is 0.481 e. The predicted molar refractivity (Wildman–Crippen MR) is 101 cm³/mol. The van der Waals surface area contributed by atoms with Gasteiger partial charge in [0.2, 0.25) is 0 Å². The normalized spacial score (nSPS) is 14.2. The van der Waals surface area contributed by atoms with E-state index in [1.54, 1.807) is 0 Å². The quantitative estimate of drug-likeness (QED) is 0.727. The molecule has 1 aliphatic carbocycles. The number of hydrogen-bond donors (Lipinski definition) is 3. The fraction of sp³-hybridized carbons (Fsp3) is 0.333. The molecule has 1 aliphatic rings. The molecule has 1 atom stereocenters. The topological polar surface area (TPSA) is 95.9 Å². The fourth-order valence-corrected chi connectivity index (χ4v) is 3.43. The summed E-state index contributed by atoms with van der Waals surface area (Å²) in [6.07, 6.45) is -1.14. The Hall–Kier alpha value is -2.86. The van der Waals surface area contributed by atoms with Crippen molar-refractivity contribution in [1.82, 2.24) is 5.32 Å². The van der Waals surface area contributed by atoms with Crippen LogP contribution in [-0.2, 0) is 9.53 Å². The predicted octanol–water partition coefficient (Wildman–Crippen LogP) is 3.14. The monoisotopic (exact) mass is 369 g/mol. The van der Waals surface area contributed by atoms with Gasteiger partial charge in [-0.3, -0.25) is 4.79 Å². The lowest BCUT2D eigenvalue weighted by Gasteiger charge is -2.28. The Kier molecular flexibility index (Phi) is 5.19. The molecule has 0 fully saturated rings.